The van der Waals surface area contributed by atoms with E-state index in [9.17, 15) is 14.9 Å². The number of hydrogen-bond donors (Lipinski definition) is 2. The van der Waals surface area contributed by atoms with Crippen molar-refractivity contribution < 1.29 is 4.92 Å². The Morgan fingerprint density at radius 3 is 1.20 bits per heavy atom. The topological polar surface area (TPSA) is 153 Å². The molecule has 12 nitrogen and oxygen atoms in total. The second-order valence-electron chi connectivity index (χ2n) is 28.6. The Labute approximate surface area is 572 Å². The van der Waals surface area contributed by atoms with Crippen LogP contribution >= 0.6 is 0 Å². The molecular formula is C84H116N8O4. The van der Waals surface area contributed by atoms with Crippen molar-refractivity contribution in [1.82, 2.24) is 18.8 Å². The Kier molecular flexibility index (Phi) is 27.2. The summed E-state index contributed by atoms with van der Waals surface area (Å²) in [6, 6.07) is 23.4. The largest absolute Gasteiger partial charge is 0.398 e. The molecule has 0 fully saturated rings. The number of nitro benzene ring substituents is 1. The Morgan fingerprint density at radius 1 is 0.396 bits per heavy atom. The van der Waals surface area contributed by atoms with Gasteiger partial charge in [-0.15, -0.1) is 0 Å². The monoisotopic (exact) mass is 1300 g/mol. The van der Waals surface area contributed by atoms with Crippen molar-refractivity contribution >= 4 is 121 Å². The number of non-ortho nitro benzene ring substituents is 1. The molecule has 11 rings (SSSR count). The summed E-state index contributed by atoms with van der Waals surface area (Å²) in [5.41, 5.74) is 12.7. The van der Waals surface area contributed by atoms with Crippen molar-refractivity contribution in [3.63, 3.8) is 0 Å². The smallest absolute Gasteiger partial charge is 0.278 e. The summed E-state index contributed by atoms with van der Waals surface area (Å²) >= 11 is 0. The van der Waals surface area contributed by atoms with Crippen molar-refractivity contribution in [1.29, 1.82) is 0 Å². The van der Waals surface area contributed by atoms with Gasteiger partial charge in [0.15, 0.2) is 0 Å². The highest BCUT2D eigenvalue weighted by molar-refractivity contribution is 6.43. The van der Waals surface area contributed by atoms with Gasteiger partial charge in [0.2, 0.25) is 0 Å². The zero-order valence-electron chi connectivity index (χ0n) is 59.7. The van der Waals surface area contributed by atoms with Crippen LogP contribution in [-0.4, -0.2) is 43.3 Å². The molecule has 0 amide bonds. The fourth-order valence-corrected chi connectivity index (χ4v) is 15.8. The van der Waals surface area contributed by atoms with Crippen LogP contribution in [-0.2, 0) is 0 Å². The van der Waals surface area contributed by atoms with Gasteiger partial charge in [-0.25, -0.2) is 9.97 Å². The molecule has 0 bridgehead atoms. The van der Waals surface area contributed by atoms with E-state index < -0.39 is 0 Å². The number of benzene rings is 7. The minimum atomic E-state index is -0.378. The molecule has 0 aliphatic carbocycles. The molecule has 0 aliphatic rings. The molecule has 0 saturated heterocycles. The Balaban J connectivity index is 0.000000760. The lowest BCUT2D eigenvalue weighted by molar-refractivity contribution is -0.382. The molecule has 12 heteroatoms. The summed E-state index contributed by atoms with van der Waals surface area (Å²) in [4.78, 5) is 56.1. The van der Waals surface area contributed by atoms with Crippen LogP contribution in [0.4, 0.5) is 22.7 Å². The second kappa shape index (κ2) is 36.5. The first-order valence-electron chi connectivity index (χ1n) is 39.0. The molecular weight excluding hydrogens is 1180 g/mol. The van der Waals surface area contributed by atoms with Gasteiger partial charge < -0.3 is 16.0 Å². The molecule has 7 aromatic carbocycles. The molecule has 0 radical (unpaired) electrons. The number of imidazole rings is 2. The van der Waals surface area contributed by atoms with E-state index in [-0.39, 0.29) is 27.1 Å². The number of hydrogen-bond acceptors (Lipinski definition) is 9. The molecule has 0 saturated carbocycles. The van der Waals surface area contributed by atoms with E-state index in [1.165, 1.54) is 244 Å². The average molecular weight is 1300 g/mol. The lowest BCUT2D eigenvalue weighted by Crippen LogP contribution is -2.25. The molecule has 4 heterocycles. The van der Waals surface area contributed by atoms with Crippen molar-refractivity contribution in [2.75, 3.05) is 35.6 Å². The number of unbranched alkanes of at least 4 members (excludes halogenated alkanes) is 36. The first-order chi connectivity index (χ1) is 47.1. The molecule has 0 atom stereocenters. The number of pyridine rings is 2. The zero-order chi connectivity index (χ0) is 67.2. The third-order valence-corrected chi connectivity index (χ3v) is 21.2. The van der Waals surface area contributed by atoms with E-state index in [0.717, 1.165) is 66.6 Å². The van der Waals surface area contributed by atoms with E-state index in [4.69, 9.17) is 15.7 Å². The van der Waals surface area contributed by atoms with Crippen LogP contribution in [0, 0.1) is 10.1 Å². The van der Waals surface area contributed by atoms with Crippen LogP contribution < -0.4 is 27.1 Å². The summed E-state index contributed by atoms with van der Waals surface area (Å²) in [7, 11) is 0. The molecule has 0 aliphatic heterocycles. The molecule has 3 N–H and O–H groups in total. The van der Waals surface area contributed by atoms with E-state index in [1.807, 2.05) is 48.5 Å². The molecule has 0 spiro atoms. The summed E-state index contributed by atoms with van der Waals surface area (Å²) in [5, 5.41) is 24.2. The normalized spacial score (nSPS) is 12.1. The summed E-state index contributed by atoms with van der Waals surface area (Å²) in [6.07, 6.45) is 53.1. The van der Waals surface area contributed by atoms with E-state index in [1.54, 1.807) is 14.9 Å². The van der Waals surface area contributed by atoms with Gasteiger partial charge in [0.1, 0.15) is 11.3 Å². The highest BCUT2D eigenvalue weighted by atomic mass is 16.6. The van der Waals surface area contributed by atoms with E-state index in [2.05, 4.69) is 57.0 Å². The average Bonchev–Trinajstić information content (AvgIpc) is 1.03. The minimum Gasteiger partial charge on any atom is -0.398 e. The third kappa shape index (κ3) is 16.9. The van der Waals surface area contributed by atoms with Gasteiger partial charge in [0, 0.05) is 80.5 Å². The number of nitro groups is 1. The van der Waals surface area contributed by atoms with Crippen molar-refractivity contribution in [2.45, 2.75) is 291 Å². The number of anilines is 3. The van der Waals surface area contributed by atoms with Gasteiger partial charge in [-0.1, -0.05) is 284 Å². The number of aromatic nitrogens is 4. The van der Waals surface area contributed by atoms with Crippen LogP contribution in [0.15, 0.2) is 82.4 Å². The molecule has 4 aromatic heterocycles. The number of nitrogen functional groups attached to an aromatic ring is 1. The highest BCUT2D eigenvalue weighted by Gasteiger charge is 2.30. The SMILES string of the molecule is CCCCCCCCCCCC.CCCCCCCCCCCCNc1ccc2c(c1)nc1c3ccc4c5c([N+](=O)[O-])cc6c(=O)n7c8ccc(N(CCCCCCCCCCCC)CCCCCCCCCCCC)cc8nc7c7ccc(c8c(N)cc(c(=O)n21)c3c48)c5c67. The van der Waals surface area contributed by atoms with Crippen molar-refractivity contribution in [3.05, 3.63) is 104 Å². The minimum absolute atomic E-state index is 0.175. The lowest BCUT2D eigenvalue weighted by Gasteiger charge is -2.25. The molecule has 0 unspecified atom stereocenters. The molecule has 516 valence electrons. The predicted molar refractivity (Wildman–Crippen MR) is 415 cm³/mol. The first-order valence-corrected chi connectivity index (χ1v) is 39.0. The van der Waals surface area contributed by atoms with E-state index in [0.29, 0.717) is 82.0 Å². The Hall–Kier alpha value is -7.08. The van der Waals surface area contributed by atoms with Gasteiger partial charge in [-0.05, 0) is 84.6 Å². The maximum Gasteiger partial charge on any atom is 0.278 e. The fourth-order valence-electron chi connectivity index (χ4n) is 15.8. The number of rotatable bonds is 45. The van der Waals surface area contributed by atoms with Crippen LogP contribution in [0.3, 0.4) is 0 Å². The van der Waals surface area contributed by atoms with Crippen LogP contribution in [0.25, 0.3) is 98.0 Å². The lowest BCUT2D eigenvalue weighted by atomic mass is 9.84. The number of nitrogens with two attached hydrogens (primary N) is 1. The second-order valence-corrected chi connectivity index (χ2v) is 28.6. The van der Waals surface area contributed by atoms with Crippen LogP contribution in [0.1, 0.15) is 291 Å². The van der Waals surface area contributed by atoms with Gasteiger partial charge in [-0.2, -0.15) is 0 Å². The van der Waals surface area contributed by atoms with Gasteiger partial charge in [0.05, 0.1) is 43.1 Å². The zero-order valence-corrected chi connectivity index (χ0v) is 59.7. The summed E-state index contributed by atoms with van der Waals surface area (Å²) < 4.78 is 3.34. The third-order valence-electron chi connectivity index (χ3n) is 21.2. The summed E-state index contributed by atoms with van der Waals surface area (Å²) in [6.45, 7) is 14.2. The van der Waals surface area contributed by atoms with Crippen LogP contribution in [0.5, 0.6) is 0 Å². The first kappa shape index (κ1) is 71.7. The standard InChI is InChI=1S/C72H90N8O4.C12H26/c1-4-7-10-13-16-19-22-25-28-31-42-74-49-34-40-60-58(45-49)75-69-53-39-37-52-66-62(80(83)84)48-56-64-54(38-36-51(68(64)66)65-57(73)47-55(63(53)67(52)65)71(81)78(60)69)70-76-59-46-50(35-41-61(59)79(70)72(56)82)77(43-32-29-26-23-20-17-14-11-8-5-2)44-33-30-27-24-21-18-15-12-9-6-3;1-3-5-7-9-11-12-10-8-6-4-2/h34-41,45-48,74H,4-33,42-44,73H2,1-3H3;3-12H2,1-2H3. The maximum atomic E-state index is 15.2. The number of nitrogens with zero attached hydrogens (tertiary/aromatic N) is 6. The Bertz CT molecular complexity index is 4320. The highest BCUT2D eigenvalue weighted by Crippen LogP contribution is 2.50. The van der Waals surface area contributed by atoms with Crippen molar-refractivity contribution in [2.24, 2.45) is 0 Å². The van der Waals surface area contributed by atoms with Gasteiger partial charge in [-0.3, -0.25) is 28.5 Å². The molecule has 11 aromatic rings. The predicted octanol–water partition coefficient (Wildman–Crippen LogP) is 24.6. The number of nitrogens with one attached hydrogen (secondary N) is 1. The van der Waals surface area contributed by atoms with E-state index >= 15 is 4.79 Å². The summed E-state index contributed by atoms with van der Waals surface area (Å²) in [5.74, 6) is 0. The van der Waals surface area contributed by atoms with Crippen LogP contribution in [0.2, 0.25) is 0 Å². The van der Waals surface area contributed by atoms with Crippen molar-refractivity contribution in [3.8, 4) is 0 Å². The van der Waals surface area contributed by atoms with Gasteiger partial charge in [0.25, 0.3) is 16.8 Å². The van der Waals surface area contributed by atoms with Gasteiger partial charge >= 0.3 is 0 Å². The quantitative estimate of drug-likeness (QED) is 0.00948. The fraction of sp³-hybridized carbons (Fsp3) is 0.571. The number of fused-ring (bicyclic) bond motifs is 10. The molecule has 96 heavy (non-hydrogen) atoms. The maximum absolute atomic E-state index is 15.2. The Morgan fingerprint density at radius 2 is 0.760 bits per heavy atom.